The molecule has 0 aliphatic heterocycles. The Labute approximate surface area is 78.0 Å². The molecule has 0 unspecified atom stereocenters. The smallest absolute Gasteiger partial charge is 0.280 e. The Morgan fingerprint density at radius 1 is 1.46 bits per heavy atom. The zero-order valence-electron chi connectivity index (χ0n) is 8.29. The third-order valence-corrected chi connectivity index (χ3v) is 1.87. The van der Waals surface area contributed by atoms with Crippen molar-refractivity contribution in [2.45, 2.75) is 19.1 Å². The Balaban J connectivity index is 4.26. The Morgan fingerprint density at radius 2 is 2.00 bits per heavy atom. The first kappa shape index (κ1) is 12.3. The zero-order valence-corrected chi connectivity index (χ0v) is 8.29. The van der Waals surface area contributed by atoms with Crippen LogP contribution in [0.15, 0.2) is 0 Å². The number of ether oxygens (including phenoxy) is 2. The number of amides is 1. The monoisotopic (exact) mass is 191 g/mol. The fraction of sp³-hybridized carbons (Fsp3) is 0.875. The molecule has 1 amide bonds. The summed E-state index contributed by atoms with van der Waals surface area (Å²) >= 11 is 0. The summed E-state index contributed by atoms with van der Waals surface area (Å²) in [7, 11) is 2.82. The highest BCUT2D eigenvalue weighted by Crippen LogP contribution is 2.15. The largest absolute Gasteiger partial charge is 0.395 e. The van der Waals surface area contributed by atoms with Gasteiger partial charge >= 0.3 is 0 Å². The number of carbonyl (C=O) groups is 1. The van der Waals surface area contributed by atoms with E-state index in [1.54, 1.807) is 6.92 Å². The van der Waals surface area contributed by atoms with E-state index in [-0.39, 0.29) is 19.1 Å². The van der Waals surface area contributed by atoms with Gasteiger partial charge in [-0.3, -0.25) is 4.79 Å². The van der Waals surface area contributed by atoms with Crippen molar-refractivity contribution in [2.75, 3.05) is 27.4 Å². The van der Waals surface area contributed by atoms with E-state index in [1.165, 1.54) is 14.2 Å². The molecule has 0 bridgehead atoms. The average molecular weight is 191 g/mol. The zero-order chi connectivity index (χ0) is 10.3. The number of methoxy groups -OCH3 is 2. The highest BCUT2D eigenvalue weighted by molar-refractivity contribution is 5.83. The van der Waals surface area contributed by atoms with Crippen LogP contribution < -0.4 is 5.32 Å². The van der Waals surface area contributed by atoms with E-state index in [0.717, 1.165) is 0 Å². The molecule has 5 nitrogen and oxygen atoms in total. The van der Waals surface area contributed by atoms with Crippen LogP contribution in [0.4, 0.5) is 0 Å². The predicted molar refractivity (Wildman–Crippen MR) is 47.1 cm³/mol. The van der Waals surface area contributed by atoms with Crippen LogP contribution in [0.5, 0.6) is 0 Å². The van der Waals surface area contributed by atoms with Crippen LogP contribution in [-0.4, -0.2) is 44.2 Å². The molecular formula is C8H17NO4. The van der Waals surface area contributed by atoms with Crippen molar-refractivity contribution < 1.29 is 19.4 Å². The SMILES string of the molecule is CCC(OC)(OC)C(=O)NCCO. The van der Waals surface area contributed by atoms with Gasteiger partial charge < -0.3 is 19.9 Å². The highest BCUT2D eigenvalue weighted by atomic mass is 16.7. The van der Waals surface area contributed by atoms with Crippen molar-refractivity contribution in [3.05, 3.63) is 0 Å². The molecule has 0 saturated heterocycles. The number of hydrogen-bond acceptors (Lipinski definition) is 4. The maximum absolute atomic E-state index is 11.4. The molecule has 0 heterocycles. The molecule has 0 rings (SSSR count). The fourth-order valence-electron chi connectivity index (χ4n) is 1.02. The van der Waals surface area contributed by atoms with Crippen molar-refractivity contribution in [1.82, 2.24) is 5.32 Å². The summed E-state index contributed by atoms with van der Waals surface area (Å²) in [5, 5.41) is 11.0. The van der Waals surface area contributed by atoms with Crippen LogP contribution in [0.1, 0.15) is 13.3 Å². The van der Waals surface area contributed by atoms with Crippen molar-refractivity contribution in [1.29, 1.82) is 0 Å². The lowest BCUT2D eigenvalue weighted by molar-refractivity contribution is -0.210. The molecule has 0 aromatic rings. The number of hydrogen-bond donors (Lipinski definition) is 2. The van der Waals surface area contributed by atoms with Crippen LogP contribution in [0.25, 0.3) is 0 Å². The second-order valence-electron chi connectivity index (χ2n) is 2.49. The quantitative estimate of drug-likeness (QED) is 0.555. The third-order valence-electron chi connectivity index (χ3n) is 1.87. The molecule has 0 aromatic carbocycles. The minimum absolute atomic E-state index is 0.0983. The van der Waals surface area contributed by atoms with Gasteiger partial charge in [0.25, 0.3) is 5.91 Å². The maximum atomic E-state index is 11.4. The van der Waals surface area contributed by atoms with E-state index in [2.05, 4.69) is 5.32 Å². The lowest BCUT2D eigenvalue weighted by Gasteiger charge is -2.27. The maximum Gasteiger partial charge on any atom is 0.280 e. The van der Waals surface area contributed by atoms with Gasteiger partial charge in [0.05, 0.1) is 6.61 Å². The summed E-state index contributed by atoms with van der Waals surface area (Å²) in [6.45, 7) is 1.89. The standard InChI is InChI=1S/C8H17NO4/c1-4-8(12-2,13-3)7(11)9-5-6-10/h10H,4-6H2,1-3H3,(H,9,11). The van der Waals surface area contributed by atoms with Gasteiger partial charge in [-0.15, -0.1) is 0 Å². The first-order valence-electron chi connectivity index (χ1n) is 4.16. The molecule has 78 valence electrons. The number of rotatable bonds is 6. The van der Waals surface area contributed by atoms with Gasteiger partial charge in [0, 0.05) is 27.2 Å². The van der Waals surface area contributed by atoms with E-state index in [0.29, 0.717) is 6.42 Å². The number of aliphatic hydroxyl groups excluding tert-OH is 1. The fourth-order valence-corrected chi connectivity index (χ4v) is 1.02. The molecule has 0 radical (unpaired) electrons. The molecule has 0 saturated carbocycles. The summed E-state index contributed by atoms with van der Waals surface area (Å²) in [6, 6.07) is 0. The normalized spacial score (nSPS) is 11.4. The summed E-state index contributed by atoms with van der Waals surface area (Å²) in [5.41, 5.74) is 0. The second kappa shape index (κ2) is 5.90. The predicted octanol–water partition coefficient (Wildman–Crippen LogP) is -0.506. The molecule has 0 fully saturated rings. The molecule has 5 heteroatoms. The molecule has 2 N–H and O–H groups in total. The summed E-state index contributed by atoms with van der Waals surface area (Å²) < 4.78 is 9.96. The molecule has 0 spiro atoms. The van der Waals surface area contributed by atoms with Gasteiger partial charge in [0.2, 0.25) is 5.79 Å². The van der Waals surface area contributed by atoms with Crippen LogP contribution in [0, 0.1) is 0 Å². The van der Waals surface area contributed by atoms with E-state index in [9.17, 15) is 4.79 Å². The van der Waals surface area contributed by atoms with Gasteiger partial charge in [-0.25, -0.2) is 0 Å². The van der Waals surface area contributed by atoms with Crippen molar-refractivity contribution >= 4 is 5.91 Å². The van der Waals surface area contributed by atoms with Gasteiger partial charge in [0.15, 0.2) is 0 Å². The van der Waals surface area contributed by atoms with E-state index < -0.39 is 5.79 Å². The van der Waals surface area contributed by atoms with E-state index >= 15 is 0 Å². The van der Waals surface area contributed by atoms with Crippen LogP contribution in [-0.2, 0) is 14.3 Å². The average Bonchev–Trinajstić information content (AvgIpc) is 2.18. The summed E-state index contributed by atoms with van der Waals surface area (Å²) in [6.07, 6.45) is 0.414. The molecule has 0 aromatic heterocycles. The lowest BCUT2D eigenvalue weighted by atomic mass is 10.2. The molecular weight excluding hydrogens is 174 g/mol. The number of carbonyl (C=O) groups excluding carboxylic acids is 1. The van der Waals surface area contributed by atoms with E-state index in [1.807, 2.05) is 0 Å². The summed E-state index contributed by atoms with van der Waals surface area (Å²) in [4.78, 5) is 11.4. The van der Waals surface area contributed by atoms with Gasteiger partial charge in [-0.1, -0.05) is 6.92 Å². The van der Waals surface area contributed by atoms with Crippen molar-refractivity contribution in [3.63, 3.8) is 0 Å². The highest BCUT2D eigenvalue weighted by Gasteiger charge is 2.36. The minimum atomic E-state index is -1.23. The lowest BCUT2D eigenvalue weighted by Crippen LogP contribution is -2.50. The Bertz CT molecular complexity index is 148. The van der Waals surface area contributed by atoms with Gasteiger partial charge in [0.1, 0.15) is 0 Å². The third kappa shape index (κ3) is 2.95. The molecule has 0 aliphatic carbocycles. The van der Waals surface area contributed by atoms with Crippen LogP contribution >= 0.6 is 0 Å². The summed E-state index contributed by atoms with van der Waals surface area (Å²) in [5.74, 6) is -1.59. The second-order valence-corrected chi connectivity index (χ2v) is 2.49. The van der Waals surface area contributed by atoms with Crippen molar-refractivity contribution in [2.24, 2.45) is 0 Å². The Morgan fingerprint density at radius 3 is 2.31 bits per heavy atom. The van der Waals surface area contributed by atoms with Gasteiger partial charge in [-0.05, 0) is 0 Å². The first-order chi connectivity index (χ1) is 6.16. The Kier molecular flexibility index (Phi) is 5.61. The first-order valence-corrected chi connectivity index (χ1v) is 4.16. The number of nitrogens with one attached hydrogen (secondary N) is 1. The molecule has 13 heavy (non-hydrogen) atoms. The van der Waals surface area contributed by atoms with Crippen LogP contribution in [0.2, 0.25) is 0 Å². The Hall–Kier alpha value is -0.650. The molecule has 0 atom stereocenters. The van der Waals surface area contributed by atoms with Crippen LogP contribution in [0.3, 0.4) is 0 Å². The van der Waals surface area contributed by atoms with Gasteiger partial charge in [-0.2, -0.15) is 0 Å². The van der Waals surface area contributed by atoms with Crippen molar-refractivity contribution in [3.8, 4) is 0 Å². The number of aliphatic hydroxyl groups is 1. The van der Waals surface area contributed by atoms with E-state index in [4.69, 9.17) is 14.6 Å². The topological polar surface area (TPSA) is 67.8 Å². The molecule has 0 aliphatic rings. The minimum Gasteiger partial charge on any atom is -0.395 e.